The van der Waals surface area contributed by atoms with Gasteiger partial charge in [-0.25, -0.2) is 0 Å². The van der Waals surface area contributed by atoms with E-state index in [1.165, 1.54) is 6.08 Å². The number of hydrogen-bond donors (Lipinski definition) is 5. The van der Waals surface area contributed by atoms with Crippen LogP contribution >= 0.6 is 0 Å². The van der Waals surface area contributed by atoms with E-state index in [0.29, 0.717) is 19.6 Å². The molecule has 32 heavy (non-hydrogen) atoms. The van der Waals surface area contributed by atoms with E-state index >= 15 is 0 Å². The van der Waals surface area contributed by atoms with Crippen LogP contribution < -0.4 is 16.0 Å². The van der Waals surface area contributed by atoms with E-state index in [0.717, 1.165) is 12.2 Å². The highest BCUT2D eigenvalue weighted by Gasteiger charge is 2.15. The first-order valence-corrected chi connectivity index (χ1v) is 10.2. The van der Waals surface area contributed by atoms with Gasteiger partial charge in [0.1, 0.15) is 6.10 Å². The zero-order valence-electron chi connectivity index (χ0n) is 18.3. The predicted molar refractivity (Wildman–Crippen MR) is 118 cm³/mol. The topological polar surface area (TPSA) is 155 Å². The Morgan fingerprint density at radius 1 is 0.750 bits per heavy atom. The highest BCUT2D eigenvalue weighted by molar-refractivity contribution is 5.87. The number of hydrogen-bond acceptors (Lipinski definition) is 8. The van der Waals surface area contributed by atoms with E-state index < -0.39 is 30.1 Å². The molecule has 0 aliphatic heterocycles. The van der Waals surface area contributed by atoms with Gasteiger partial charge in [0.15, 0.2) is 0 Å². The molecule has 0 aromatic carbocycles. The summed E-state index contributed by atoms with van der Waals surface area (Å²) < 4.78 is 16.6. The lowest BCUT2D eigenvalue weighted by atomic mass is 10.3. The van der Waals surface area contributed by atoms with Crippen LogP contribution in [0.25, 0.3) is 0 Å². The normalized spacial score (nSPS) is 13.3. The monoisotopic (exact) mass is 457 g/mol. The largest absolute Gasteiger partial charge is 0.389 e. The maximum Gasteiger partial charge on any atom is 0.243 e. The van der Waals surface area contributed by atoms with Crippen LogP contribution in [0.2, 0.25) is 0 Å². The van der Waals surface area contributed by atoms with Crippen molar-refractivity contribution in [1.29, 1.82) is 0 Å². The Hall–Kier alpha value is -2.57. The SMILES string of the molecule is C=CC(=O)NCCCOCC(COCC(O)CNC(=O)C=C)OCC(O)CNC(=O)C=C. The molecule has 0 bridgehead atoms. The van der Waals surface area contributed by atoms with Crippen molar-refractivity contribution in [3.63, 3.8) is 0 Å². The molecule has 3 amide bonds. The molecule has 0 aromatic rings. The van der Waals surface area contributed by atoms with Crippen LogP contribution in [0.5, 0.6) is 0 Å². The van der Waals surface area contributed by atoms with Crippen LogP contribution in [-0.4, -0.2) is 98.9 Å². The van der Waals surface area contributed by atoms with Crippen molar-refractivity contribution in [2.24, 2.45) is 0 Å². The number of aliphatic hydroxyl groups is 2. The third-order valence-corrected chi connectivity index (χ3v) is 3.79. The minimum absolute atomic E-state index is 0.00498. The van der Waals surface area contributed by atoms with Crippen LogP contribution in [0.1, 0.15) is 6.42 Å². The van der Waals surface area contributed by atoms with Crippen LogP contribution in [0.15, 0.2) is 38.0 Å². The lowest BCUT2D eigenvalue weighted by Crippen LogP contribution is -2.37. The van der Waals surface area contributed by atoms with Gasteiger partial charge in [0, 0.05) is 26.2 Å². The van der Waals surface area contributed by atoms with Crippen molar-refractivity contribution in [2.45, 2.75) is 24.7 Å². The first kappa shape index (κ1) is 29.4. The lowest BCUT2D eigenvalue weighted by molar-refractivity contribution is -0.119. The fraction of sp³-hybridized carbons (Fsp3) is 0.571. The Morgan fingerprint density at radius 2 is 1.25 bits per heavy atom. The minimum Gasteiger partial charge on any atom is -0.389 e. The fourth-order valence-corrected chi connectivity index (χ4v) is 2.10. The second-order valence-corrected chi connectivity index (χ2v) is 6.62. The number of nitrogens with one attached hydrogen (secondary N) is 3. The molecule has 11 heteroatoms. The quantitative estimate of drug-likeness (QED) is 0.108. The van der Waals surface area contributed by atoms with Gasteiger partial charge in [0.2, 0.25) is 17.7 Å². The molecule has 5 N–H and O–H groups in total. The van der Waals surface area contributed by atoms with E-state index in [1.54, 1.807) is 0 Å². The molecule has 11 nitrogen and oxygen atoms in total. The second-order valence-electron chi connectivity index (χ2n) is 6.62. The third-order valence-electron chi connectivity index (χ3n) is 3.79. The smallest absolute Gasteiger partial charge is 0.243 e. The summed E-state index contributed by atoms with van der Waals surface area (Å²) in [6.07, 6.45) is 1.52. The third kappa shape index (κ3) is 17.1. The molecule has 0 aliphatic rings. The van der Waals surface area contributed by atoms with Gasteiger partial charge in [-0.05, 0) is 24.6 Å². The highest BCUT2D eigenvalue weighted by atomic mass is 16.6. The summed E-state index contributed by atoms with van der Waals surface area (Å²) in [6.45, 7) is 10.8. The molecule has 3 atom stereocenters. The van der Waals surface area contributed by atoms with Crippen molar-refractivity contribution < 1.29 is 38.8 Å². The van der Waals surface area contributed by atoms with E-state index in [1.807, 2.05) is 0 Å². The van der Waals surface area contributed by atoms with Crippen LogP contribution in [0.4, 0.5) is 0 Å². The van der Waals surface area contributed by atoms with Crippen molar-refractivity contribution in [2.75, 3.05) is 52.7 Å². The second kappa shape index (κ2) is 19.1. The molecule has 0 spiro atoms. The fourth-order valence-electron chi connectivity index (χ4n) is 2.10. The summed E-state index contributed by atoms with van der Waals surface area (Å²) >= 11 is 0. The van der Waals surface area contributed by atoms with Gasteiger partial charge in [-0.1, -0.05) is 19.7 Å². The summed E-state index contributed by atoms with van der Waals surface area (Å²) in [5, 5.41) is 27.3. The highest BCUT2D eigenvalue weighted by Crippen LogP contribution is 2.00. The number of aliphatic hydroxyl groups excluding tert-OH is 2. The maximum atomic E-state index is 11.2. The minimum atomic E-state index is -0.949. The lowest BCUT2D eigenvalue weighted by Gasteiger charge is -2.21. The van der Waals surface area contributed by atoms with Crippen molar-refractivity contribution in [3.05, 3.63) is 38.0 Å². The molecule has 0 heterocycles. The molecular formula is C21H35N3O8. The van der Waals surface area contributed by atoms with E-state index in [9.17, 15) is 24.6 Å². The Bertz CT molecular complexity index is 600. The summed E-state index contributed by atoms with van der Waals surface area (Å²) in [6, 6.07) is 0. The van der Waals surface area contributed by atoms with Gasteiger partial charge in [0.25, 0.3) is 0 Å². The van der Waals surface area contributed by atoms with Gasteiger partial charge in [-0.2, -0.15) is 0 Å². The molecule has 0 aromatic heterocycles. The molecule has 3 unspecified atom stereocenters. The van der Waals surface area contributed by atoms with Crippen molar-refractivity contribution in [3.8, 4) is 0 Å². The van der Waals surface area contributed by atoms with Gasteiger partial charge in [-0.3, -0.25) is 14.4 Å². The molecule has 0 saturated heterocycles. The van der Waals surface area contributed by atoms with Gasteiger partial charge >= 0.3 is 0 Å². The zero-order chi connectivity index (χ0) is 24.2. The zero-order valence-corrected chi connectivity index (χ0v) is 18.3. The Morgan fingerprint density at radius 3 is 1.81 bits per heavy atom. The summed E-state index contributed by atoms with van der Waals surface area (Å²) in [7, 11) is 0. The summed E-state index contributed by atoms with van der Waals surface area (Å²) in [5.74, 6) is -1.08. The summed E-state index contributed by atoms with van der Waals surface area (Å²) in [4.78, 5) is 33.3. The van der Waals surface area contributed by atoms with Gasteiger partial charge in [-0.15, -0.1) is 0 Å². The van der Waals surface area contributed by atoms with E-state index in [2.05, 4.69) is 35.7 Å². The molecule has 0 saturated carbocycles. The first-order valence-electron chi connectivity index (χ1n) is 10.2. The first-order chi connectivity index (χ1) is 15.3. The molecule has 0 rings (SSSR count). The standard InChI is InChI=1S/C21H35N3O8/c1-4-19(27)22-8-7-9-30-14-18(32-13-17(26)11-24-21(29)6-3)15-31-12-16(25)10-23-20(28)5-2/h4-6,16-18,25-26H,1-3,7-15H2,(H,22,27)(H,23,28)(H,24,29). The summed E-state index contributed by atoms with van der Waals surface area (Å²) in [5.41, 5.74) is 0. The predicted octanol–water partition coefficient (Wildman–Crippen LogP) is -1.58. The van der Waals surface area contributed by atoms with Crippen LogP contribution in [-0.2, 0) is 28.6 Å². The number of carbonyl (C=O) groups excluding carboxylic acids is 3. The van der Waals surface area contributed by atoms with E-state index in [-0.39, 0.29) is 45.4 Å². The van der Waals surface area contributed by atoms with Crippen molar-refractivity contribution >= 4 is 17.7 Å². The van der Waals surface area contributed by atoms with Crippen molar-refractivity contribution in [1.82, 2.24) is 16.0 Å². The molecular weight excluding hydrogens is 422 g/mol. The molecule has 0 aliphatic carbocycles. The average Bonchev–Trinajstić information content (AvgIpc) is 2.80. The number of rotatable bonds is 20. The van der Waals surface area contributed by atoms with Gasteiger partial charge in [0.05, 0.1) is 38.6 Å². The Kier molecular flexibility index (Phi) is 17.6. The molecule has 0 fully saturated rings. The Balaban J connectivity index is 4.35. The maximum absolute atomic E-state index is 11.2. The van der Waals surface area contributed by atoms with Crippen LogP contribution in [0, 0.1) is 0 Å². The van der Waals surface area contributed by atoms with Crippen LogP contribution in [0.3, 0.4) is 0 Å². The van der Waals surface area contributed by atoms with Gasteiger partial charge < -0.3 is 40.4 Å². The Labute approximate surface area is 188 Å². The van der Waals surface area contributed by atoms with E-state index in [4.69, 9.17) is 14.2 Å². The average molecular weight is 458 g/mol. The molecule has 0 radical (unpaired) electrons. The molecule has 182 valence electrons. The number of amides is 3. The number of carbonyl (C=O) groups is 3. The number of ether oxygens (including phenoxy) is 3.